The number of carbonyl (C=O) groups excluding carboxylic acids is 1. The summed E-state index contributed by atoms with van der Waals surface area (Å²) < 4.78 is 6.68. The van der Waals surface area contributed by atoms with Crippen LogP contribution >= 0.6 is 11.6 Å². The highest BCUT2D eigenvalue weighted by Gasteiger charge is 2.31. The maximum atomic E-state index is 11.8. The summed E-state index contributed by atoms with van der Waals surface area (Å²) in [4.78, 5) is 24.9. The standard InChI is InChI=1S/C18H22ClN5O4/c1-11(2)23-10-20-21-17(23)12-5-4-6-22(9-12)15-8-14(19)13(18(25)28-3)7-16(15)24(26)27/h7-8,10-12H,4-6,9H2,1-3H3. The van der Waals surface area contributed by atoms with E-state index in [0.29, 0.717) is 18.8 Å². The Balaban J connectivity index is 1.96. The normalized spacial score (nSPS) is 17.0. The molecule has 1 aromatic carbocycles. The van der Waals surface area contributed by atoms with Crippen LogP contribution in [0, 0.1) is 10.1 Å². The molecule has 1 fully saturated rings. The fourth-order valence-corrected chi connectivity index (χ4v) is 3.80. The third-order valence-corrected chi connectivity index (χ3v) is 5.26. The maximum Gasteiger partial charge on any atom is 0.339 e. The second-order valence-electron chi connectivity index (χ2n) is 7.04. The number of nitro groups is 1. The Morgan fingerprint density at radius 1 is 1.43 bits per heavy atom. The Morgan fingerprint density at radius 3 is 2.82 bits per heavy atom. The Labute approximate surface area is 167 Å². The summed E-state index contributed by atoms with van der Waals surface area (Å²) in [7, 11) is 1.21. The number of ether oxygens (including phenoxy) is 1. The number of piperidine rings is 1. The van der Waals surface area contributed by atoms with Gasteiger partial charge in [-0.15, -0.1) is 10.2 Å². The van der Waals surface area contributed by atoms with Crippen molar-refractivity contribution in [3.8, 4) is 0 Å². The largest absolute Gasteiger partial charge is 0.465 e. The summed E-state index contributed by atoms with van der Waals surface area (Å²) in [5.41, 5.74) is 0.200. The first-order valence-electron chi connectivity index (χ1n) is 9.04. The van der Waals surface area contributed by atoms with Crippen LogP contribution in [0.3, 0.4) is 0 Å². The minimum Gasteiger partial charge on any atom is -0.465 e. The topological polar surface area (TPSA) is 103 Å². The number of anilines is 1. The number of hydrogen-bond acceptors (Lipinski definition) is 7. The van der Waals surface area contributed by atoms with Crippen LogP contribution in [-0.2, 0) is 4.74 Å². The lowest BCUT2D eigenvalue weighted by Crippen LogP contribution is -2.36. The summed E-state index contributed by atoms with van der Waals surface area (Å²) in [5.74, 6) is 0.262. The highest BCUT2D eigenvalue weighted by molar-refractivity contribution is 6.34. The summed E-state index contributed by atoms with van der Waals surface area (Å²) in [6.07, 6.45) is 3.48. The van der Waals surface area contributed by atoms with Crippen LogP contribution in [-0.4, -0.2) is 45.9 Å². The molecule has 0 spiro atoms. The van der Waals surface area contributed by atoms with Crippen LogP contribution in [0.4, 0.5) is 11.4 Å². The van der Waals surface area contributed by atoms with Crippen molar-refractivity contribution in [1.82, 2.24) is 14.8 Å². The van der Waals surface area contributed by atoms with Gasteiger partial charge in [0.25, 0.3) is 5.69 Å². The molecular formula is C18H22ClN5O4. The number of carbonyl (C=O) groups is 1. The van der Waals surface area contributed by atoms with Gasteiger partial charge in [-0.2, -0.15) is 0 Å². The molecular weight excluding hydrogens is 386 g/mol. The second-order valence-corrected chi connectivity index (χ2v) is 7.45. The van der Waals surface area contributed by atoms with E-state index in [1.165, 1.54) is 19.2 Å². The number of halogens is 1. The predicted octanol–water partition coefficient (Wildman–Crippen LogP) is 3.59. The third kappa shape index (κ3) is 3.80. The van der Waals surface area contributed by atoms with Crippen molar-refractivity contribution in [2.75, 3.05) is 25.1 Å². The van der Waals surface area contributed by atoms with E-state index in [2.05, 4.69) is 28.8 Å². The summed E-state index contributed by atoms with van der Waals surface area (Å²) >= 11 is 6.23. The monoisotopic (exact) mass is 407 g/mol. The Morgan fingerprint density at radius 2 is 2.18 bits per heavy atom. The summed E-state index contributed by atoms with van der Waals surface area (Å²) in [5, 5.41) is 20.1. The van der Waals surface area contributed by atoms with Gasteiger partial charge in [-0.3, -0.25) is 10.1 Å². The summed E-state index contributed by atoms with van der Waals surface area (Å²) in [6.45, 7) is 5.33. The number of methoxy groups -OCH3 is 1. The molecule has 0 radical (unpaired) electrons. The molecule has 1 saturated heterocycles. The SMILES string of the molecule is COC(=O)c1cc([N+](=O)[O-])c(N2CCCC(c3nncn3C(C)C)C2)cc1Cl. The molecule has 28 heavy (non-hydrogen) atoms. The van der Waals surface area contributed by atoms with Crippen LogP contribution in [0.1, 0.15) is 54.8 Å². The number of esters is 1. The van der Waals surface area contributed by atoms with E-state index in [4.69, 9.17) is 11.6 Å². The van der Waals surface area contributed by atoms with Crippen molar-refractivity contribution in [3.05, 3.63) is 45.0 Å². The lowest BCUT2D eigenvalue weighted by atomic mass is 9.96. The van der Waals surface area contributed by atoms with E-state index < -0.39 is 10.9 Å². The molecule has 0 bridgehead atoms. The van der Waals surface area contributed by atoms with Gasteiger partial charge in [-0.05, 0) is 32.8 Å². The molecule has 1 aliphatic heterocycles. The van der Waals surface area contributed by atoms with Gasteiger partial charge in [0, 0.05) is 31.1 Å². The van der Waals surface area contributed by atoms with Gasteiger partial charge in [0.2, 0.25) is 0 Å². The van der Waals surface area contributed by atoms with Gasteiger partial charge in [-0.1, -0.05) is 11.6 Å². The van der Waals surface area contributed by atoms with Gasteiger partial charge < -0.3 is 14.2 Å². The fourth-order valence-electron chi connectivity index (χ4n) is 3.57. The molecule has 1 unspecified atom stereocenters. The van der Waals surface area contributed by atoms with Gasteiger partial charge in [-0.25, -0.2) is 4.79 Å². The fraction of sp³-hybridized carbons (Fsp3) is 0.500. The minimum atomic E-state index is -0.707. The number of hydrogen-bond donors (Lipinski definition) is 0. The first-order chi connectivity index (χ1) is 13.3. The van der Waals surface area contributed by atoms with E-state index in [1.807, 2.05) is 9.47 Å². The van der Waals surface area contributed by atoms with Gasteiger partial charge in [0.1, 0.15) is 17.8 Å². The predicted molar refractivity (Wildman–Crippen MR) is 104 cm³/mol. The van der Waals surface area contributed by atoms with E-state index in [-0.39, 0.29) is 28.2 Å². The van der Waals surface area contributed by atoms with Gasteiger partial charge >= 0.3 is 5.97 Å². The lowest BCUT2D eigenvalue weighted by molar-refractivity contribution is -0.384. The Kier molecular flexibility index (Phi) is 5.83. The average Bonchev–Trinajstić information content (AvgIpc) is 3.17. The van der Waals surface area contributed by atoms with E-state index in [1.54, 1.807) is 6.33 Å². The number of rotatable bonds is 5. The van der Waals surface area contributed by atoms with Crippen molar-refractivity contribution < 1.29 is 14.5 Å². The van der Waals surface area contributed by atoms with Crippen LogP contribution in [0.25, 0.3) is 0 Å². The van der Waals surface area contributed by atoms with Crippen molar-refractivity contribution in [2.45, 2.75) is 38.6 Å². The first kappa shape index (κ1) is 20.1. The highest BCUT2D eigenvalue weighted by atomic mass is 35.5. The van der Waals surface area contributed by atoms with Crippen molar-refractivity contribution in [3.63, 3.8) is 0 Å². The van der Waals surface area contributed by atoms with Crippen molar-refractivity contribution >= 4 is 28.9 Å². The molecule has 1 atom stereocenters. The number of nitrogens with zero attached hydrogens (tertiary/aromatic N) is 5. The first-order valence-corrected chi connectivity index (χ1v) is 9.41. The Hall–Kier alpha value is -2.68. The molecule has 1 aromatic heterocycles. The van der Waals surface area contributed by atoms with Crippen LogP contribution < -0.4 is 4.90 Å². The molecule has 3 rings (SSSR count). The number of nitro benzene ring substituents is 1. The smallest absolute Gasteiger partial charge is 0.339 e. The minimum absolute atomic E-state index is 0.0206. The van der Waals surface area contributed by atoms with Crippen molar-refractivity contribution in [2.24, 2.45) is 0 Å². The summed E-state index contributed by atoms with van der Waals surface area (Å²) in [6, 6.07) is 2.88. The lowest BCUT2D eigenvalue weighted by Gasteiger charge is -2.34. The van der Waals surface area contributed by atoms with E-state index in [9.17, 15) is 14.9 Å². The van der Waals surface area contributed by atoms with E-state index in [0.717, 1.165) is 18.7 Å². The van der Waals surface area contributed by atoms with Crippen LogP contribution in [0.2, 0.25) is 5.02 Å². The Bertz CT molecular complexity index is 898. The van der Waals surface area contributed by atoms with Crippen molar-refractivity contribution in [1.29, 1.82) is 0 Å². The molecule has 0 N–H and O–H groups in total. The molecule has 2 aromatic rings. The number of benzene rings is 1. The van der Waals surface area contributed by atoms with Crippen LogP contribution in [0.5, 0.6) is 0 Å². The molecule has 0 saturated carbocycles. The third-order valence-electron chi connectivity index (χ3n) is 4.95. The van der Waals surface area contributed by atoms with Gasteiger partial charge in [0.05, 0.1) is 22.6 Å². The van der Waals surface area contributed by atoms with E-state index >= 15 is 0 Å². The molecule has 150 valence electrons. The van der Waals surface area contributed by atoms with Crippen LogP contribution in [0.15, 0.2) is 18.5 Å². The zero-order chi connectivity index (χ0) is 20.4. The quantitative estimate of drug-likeness (QED) is 0.423. The zero-order valence-corrected chi connectivity index (χ0v) is 16.7. The van der Waals surface area contributed by atoms with Gasteiger partial charge in [0.15, 0.2) is 0 Å². The number of aromatic nitrogens is 3. The average molecular weight is 408 g/mol. The molecule has 9 nitrogen and oxygen atoms in total. The second kappa shape index (κ2) is 8.14. The molecule has 1 aliphatic rings. The molecule has 0 amide bonds. The molecule has 0 aliphatic carbocycles. The zero-order valence-electron chi connectivity index (χ0n) is 16.0. The molecule has 10 heteroatoms. The highest BCUT2D eigenvalue weighted by Crippen LogP contribution is 2.38. The molecule has 2 heterocycles. The maximum absolute atomic E-state index is 11.8.